The molecule has 14 heavy (non-hydrogen) atoms. The van der Waals surface area contributed by atoms with Crippen molar-refractivity contribution in [3.05, 3.63) is 0 Å². The van der Waals surface area contributed by atoms with Gasteiger partial charge in [-0.25, -0.2) is 0 Å². The summed E-state index contributed by atoms with van der Waals surface area (Å²) in [5, 5.41) is 2.51. The van der Waals surface area contributed by atoms with Crippen molar-refractivity contribution in [3.63, 3.8) is 0 Å². The van der Waals surface area contributed by atoms with Crippen molar-refractivity contribution in [3.8, 4) is 0 Å². The van der Waals surface area contributed by atoms with Gasteiger partial charge in [0.05, 0.1) is 0 Å². The summed E-state index contributed by atoms with van der Waals surface area (Å²) >= 11 is 0. The number of nitrogens with two attached hydrogens (primary N) is 1. The van der Waals surface area contributed by atoms with Crippen molar-refractivity contribution in [1.29, 1.82) is 0 Å². The summed E-state index contributed by atoms with van der Waals surface area (Å²) in [6, 6.07) is 0. The topological polar surface area (TPSA) is 72.2 Å². The molecule has 0 aromatic heterocycles. The second-order valence-electron chi connectivity index (χ2n) is 4.12. The minimum absolute atomic E-state index is 0.111. The molecule has 82 valence electrons. The van der Waals surface area contributed by atoms with E-state index < -0.39 is 11.3 Å². The van der Waals surface area contributed by atoms with Crippen molar-refractivity contribution in [2.75, 3.05) is 7.05 Å². The maximum atomic E-state index is 11.7. The Hall–Kier alpha value is -1.06. The molecule has 0 saturated carbocycles. The van der Waals surface area contributed by atoms with Crippen LogP contribution in [-0.4, -0.2) is 18.9 Å². The average Bonchev–Trinajstić information content (AvgIpc) is 2.02. The van der Waals surface area contributed by atoms with Crippen molar-refractivity contribution in [1.82, 2.24) is 5.32 Å². The summed E-state index contributed by atoms with van der Waals surface area (Å²) in [4.78, 5) is 23.2. The maximum Gasteiger partial charge on any atom is 0.235 e. The second-order valence-corrected chi connectivity index (χ2v) is 4.12. The fourth-order valence-corrected chi connectivity index (χ4v) is 2.08. The third-order valence-electron chi connectivity index (χ3n) is 2.83. The van der Waals surface area contributed by atoms with Crippen LogP contribution in [0.25, 0.3) is 0 Å². The standard InChI is InChI=1S/C10H20N2O2/c1-6(2)10(7(3)4,8(11)13)9(14)12-5/h6-7H,1-5H3,(H2,11,13)(H,12,14). The molecule has 3 N–H and O–H groups in total. The highest BCUT2D eigenvalue weighted by Gasteiger charge is 2.49. The van der Waals surface area contributed by atoms with Crippen molar-refractivity contribution in [2.24, 2.45) is 23.0 Å². The Morgan fingerprint density at radius 1 is 1.14 bits per heavy atom. The van der Waals surface area contributed by atoms with Gasteiger partial charge < -0.3 is 11.1 Å². The average molecular weight is 200 g/mol. The van der Waals surface area contributed by atoms with Crippen LogP contribution in [0.1, 0.15) is 27.7 Å². The third-order valence-corrected chi connectivity index (χ3v) is 2.83. The Kier molecular flexibility index (Phi) is 4.10. The number of amides is 2. The third kappa shape index (κ3) is 1.74. The molecule has 0 rings (SSSR count). The first-order valence-corrected chi connectivity index (χ1v) is 4.83. The fraction of sp³-hybridized carbons (Fsp3) is 0.800. The van der Waals surface area contributed by atoms with Gasteiger partial charge in [0, 0.05) is 7.05 Å². The molecule has 4 heteroatoms. The molecular weight excluding hydrogens is 180 g/mol. The van der Waals surface area contributed by atoms with Crippen LogP contribution in [0.5, 0.6) is 0 Å². The van der Waals surface area contributed by atoms with Crippen LogP contribution in [0.3, 0.4) is 0 Å². The normalized spacial score (nSPS) is 11.9. The van der Waals surface area contributed by atoms with Crippen molar-refractivity contribution >= 4 is 11.8 Å². The van der Waals surface area contributed by atoms with Gasteiger partial charge in [0.2, 0.25) is 11.8 Å². The molecule has 0 aliphatic carbocycles. The van der Waals surface area contributed by atoms with E-state index in [2.05, 4.69) is 5.32 Å². The van der Waals surface area contributed by atoms with Crippen LogP contribution in [0, 0.1) is 17.3 Å². The number of primary amides is 1. The van der Waals surface area contributed by atoms with E-state index in [-0.39, 0.29) is 17.7 Å². The van der Waals surface area contributed by atoms with Crippen LogP contribution in [0.15, 0.2) is 0 Å². The SMILES string of the molecule is CNC(=O)C(C(N)=O)(C(C)C)C(C)C. The minimum Gasteiger partial charge on any atom is -0.369 e. The molecule has 0 bridgehead atoms. The van der Waals surface area contributed by atoms with Gasteiger partial charge in [0.25, 0.3) is 0 Å². The molecule has 4 nitrogen and oxygen atoms in total. The van der Waals surface area contributed by atoms with Crippen molar-refractivity contribution < 1.29 is 9.59 Å². The van der Waals surface area contributed by atoms with Gasteiger partial charge >= 0.3 is 0 Å². The predicted molar refractivity (Wildman–Crippen MR) is 55.4 cm³/mol. The highest BCUT2D eigenvalue weighted by atomic mass is 16.2. The highest BCUT2D eigenvalue weighted by molar-refractivity contribution is 6.04. The number of nitrogens with one attached hydrogen (secondary N) is 1. The van der Waals surface area contributed by atoms with Crippen LogP contribution < -0.4 is 11.1 Å². The van der Waals surface area contributed by atoms with Gasteiger partial charge in [-0.2, -0.15) is 0 Å². The molecule has 0 spiro atoms. The Morgan fingerprint density at radius 3 is 1.57 bits per heavy atom. The first kappa shape index (κ1) is 12.9. The second kappa shape index (κ2) is 4.44. The Morgan fingerprint density at radius 2 is 1.50 bits per heavy atom. The Labute approximate surface area is 85.2 Å². The molecule has 0 saturated heterocycles. The number of hydrogen-bond donors (Lipinski definition) is 2. The molecule has 0 aliphatic heterocycles. The Balaban J connectivity index is 5.39. The zero-order valence-electron chi connectivity index (χ0n) is 9.55. The quantitative estimate of drug-likeness (QED) is 0.649. The molecule has 0 aromatic rings. The van der Waals surface area contributed by atoms with Gasteiger partial charge in [-0.05, 0) is 11.8 Å². The van der Waals surface area contributed by atoms with Gasteiger partial charge in [-0.3, -0.25) is 9.59 Å². The largest absolute Gasteiger partial charge is 0.369 e. The summed E-state index contributed by atoms with van der Waals surface area (Å²) < 4.78 is 0. The number of hydrogen-bond acceptors (Lipinski definition) is 2. The molecule has 0 heterocycles. The van der Waals surface area contributed by atoms with E-state index >= 15 is 0 Å². The molecule has 0 aliphatic rings. The van der Waals surface area contributed by atoms with Gasteiger partial charge in [-0.1, -0.05) is 27.7 Å². The summed E-state index contributed by atoms with van der Waals surface area (Å²) in [6.07, 6.45) is 0. The van der Waals surface area contributed by atoms with E-state index in [0.29, 0.717) is 0 Å². The van der Waals surface area contributed by atoms with Crippen LogP contribution in [0.2, 0.25) is 0 Å². The molecule has 2 amide bonds. The maximum absolute atomic E-state index is 11.7. The summed E-state index contributed by atoms with van der Waals surface area (Å²) in [5.41, 5.74) is 4.25. The highest BCUT2D eigenvalue weighted by Crippen LogP contribution is 2.35. The first-order valence-electron chi connectivity index (χ1n) is 4.83. The lowest BCUT2D eigenvalue weighted by Crippen LogP contribution is -2.55. The zero-order chi connectivity index (χ0) is 11.5. The van der Waals surface area contributed by atoms with Crippen LogP contribution in [-0.2, 0) is 9.59 Å². The van der Waals surface area contributed by atoms with E-state index in [1.807, 2.05) is 27.7 Å². The monoisotopic (exact) mass is 200 g/mol. The molecule has 0 aromatic carbocycles. The minimum atomic E-state index is -1.10. The number of carbonyl (C=O) groups excluding carboxylic acids is 2. The van der Waals surface area contributed by atoms with E-state index in [1.54, 1.807) is 0 Å². The molecular formula is C10H20N2O2. The van der Waals surface area contributed by atoms with Gasteiger partial charge in [-0.15, -0.1) is 0 Å². The lowest BCUT2D eigenvalue weighted by molar-refractivity contribution is -0.148. The molecule has 0 atom stereocenters. The van der Waals surface area contributed by atoms with E-state index in [4.69, 9.17) is 5.73 Å². The Bertz CT molecular complexity index is 226. The fourth-order valence-electron chi connectivity index (χ4n) is 2.08. The van der Waals surface area contributed by atoms with E-state index in [1.165, 1.54) is 7.05 Å². The number of rotatable bonds is 4. The first-order chi connectivity index (χ1) is 6.31. The van der Waals surface area contributed by atoms with E-state index in [0.717, 1.165) is 0 Å². The molecule has 0 fully saturated rings. The zero-order valence-corrected chi connectivity index (χ0v) is 9.55. The molecule has 0 unspecified atom stereocenters. The summed E-state index contributed by atoms with van der Waals surface area (Å²) in [7, 11) is 1.52. The summed E-state index contributed by atoms with van der Waals surface area (Å²) in [5.74, 6) is -1.07. The van der Waals surface area contributed by atoms with Crippen LogP contribution >= 0.6 is 0 Å². The lowest BCUT2D eigenvalue weighted by atomic mass is 9.67. The van der Waals surface area contributed by atoms with Crippen molar-refractivity contribution in [2.45, 2.75) is 27.7 Å². The van der Waals surface area contributed by atoms with Gasteiger partial charge in [0.15, 0.2) is 0 Å². The lowest BCUT2D eigenvalue weighted by Gasteiger charge is -2.36. The predicted octanol–water partition coefficient (Wildman–Crippen LogP) is 0.516. The number of carbonyl (C=O) groups is 2. The van der Waals surface area contributed by atoms with E-state index in [9.17, 15) is 9.59 Å². The summed E-state index contributed by atoms with van der Waals surface area (Å²) in [6.45, 7) is 7.33. The molecule has 0 radical (unpaired) electrons. The smallest absolute Gasteiger partial charge is 0.235 e. The van der Waals surface area contributed by atoms with Crippen LogP contribution in [0.4, 0.5) is 0 Å². The van der Waals surface area contributed by atoms with Gasteiger partial charge in [0.1, 0.15) is 5.41 Å².